The number of hydrogen-bond acceptors (Lipinski definition) is 9. The Labute approximate surface area is 209 Å². The van der Waals surface area contributed by atoms with Crippen molar-refractivity contribution in [2.75, 3.05) is 12.0 Å². The van der Waals surface area contributed by atoms with E-state index < -0.39 is 23.4 Å². The van der Waals surface area contributed by atoms with Gasteiger partial charge >= 0.3 is 18.2 Å². The summed E-state index contributed by atoms with van der Waals surface area (Å²) in [6.45, 7) is 10.1. The van der Waals surface area contributed by atoms with Crippen LogP contribution in [-0.2, 0) is 19.0 Å². The van der Waals surface area contributed by atoms with Crippen LogP contribution >= 0.6 is 11.6 Å². The highest BCUT2D eigenvalue weighted by atomic mass is 35.5. The van der Waals surface area contributed by atoms with Crippen LogP contribution in [0.25, 0.3) is 11.2 Å². The molecule has 3 rings (SSSR count). The number of imidazole rings is 1. The summed E-state index contributed by atoms with van der Waals surface area (Å²) in [4.78, 5) is 51.7. The van der Waals surface area contributed by atoms with Crippen molar-refractivity contribution in [3.8, 4) is 0 Å². The molecule has 2 heterocycles. The first-order valence-electron chi connectivity index (χ1n) is 11.4. The quantitative estimate of drug-likeness (QED) is 0.317. The highest BCUT2D eigenvalue weighted by molar-refractivity contribution is 6.29. The standard InChI is InChI=1S/C23H32ClN5O6/c1-22(2,3)34-20(31)29(21(32)35-23(4,5)6)17-15-16(26-19(24)27-17)28(12-25-15)14-10-8-13(9-11-14)18(30)33-7/h12-14H,8-11H2,1-7H3/t13-,14+. The van der Waals surface area contributed by atoms with Crippen LogP contribution in [0.15, 0.2) is 6.33 Å². The second-order valence-corrected chi connectivity index (χ2v) is 10.8. The van der Waals surface area contributed by atoms with Gasteiger partial charge in [0.2, 0.25) is 5.28 Å². The predicted octanol–water partition coefficient (Wildman–Crippen LogP) is 5.06. The summed E-state index contributed by atoms with van der Waals surface area (Å²) in [7, 11) is 1.39. The van der Waals surface area contributed by atoms with Crippen LogP contribution in [0.4, 0.5) is 15.4 Å². The summed E-state index contributed by atoms with van der Waals surface area (Å²) in [6, 6.07) is -0.00349. The minimum Gasteiger partial charge on any atom is -0.469 e. The summed E-state index contributed by atoms with van der Waals surface area (Å²) in [6.07, 6.45) is 2.33. The summed E-state index contributed by atoms with van der Waals surface area (Å²) in [5, 5.41) is -0.172. The van der Waals surface area contributed by atoms with Gasteiger partial charge in [-0.05, 0) is 78.8 Å². The van der Waals surface area contributed by atoms with Gasteiger partial charge in [-0.1, -0.05) is 0 Å². The molecule has 12 heteroatoms. The van der Waals surface area contributed by atoms with E-state index in [1.54, 1.807) is 47.9 Å². The van der Waals surface area contributed by atoms with Crippen LogP contribution in [0.1, 0.15) is 73.3 Å². The molecular formula is C23H32ClN5O6. The van der Waals surface area contributed by atoms with E-state index in [-0.39, 0.29) is 34.5 Å². The van der Waals surface area contributed by atoms with Gasteiger partial charge in [-0.3, -0.25) is 4.79 Å². The monoisotopic (exact) mass is 509 g/mol. The molecule has 1 aliphatic carbocycles. The van der Waals surface area contributed by atoms with Gasteiger partial charge in [0, 0.05) is 6.04 Å². The SMILES string of the molecule is COC(=O)[C@H]1CC[C@@H](n2cnc3c(N(C(=O)OC(C)(C)C)C(=O)OC(C)(C)C)nc(Cl)nc32)CC1. The molecule has 2 aromatic heterocycles. The molecule has 0 N–H and O–H groups in total. The molecule has 0 aromatic carbocycles. The maximum atomic E-state index is 13.1. The lowest BCUT2D eigenvalue weighted by Gasteiger charge is -2.28. The zero-order valence-corrected chi connectivity index (χ0v) is 21.9. The fraction of sp³-hybridized carbons (Fsp3) is 0.652. The van der Waals surface area contributed by atoms with Crippen molar-refractivity contribution in [2.45, 2.75) is 84.5 Å². The first kappa shape index (κ1) is 26.7. The molecule has 0 unspecified atom stereocenters. The molecule has 0 atom stereocenters. The lowest BCUT2D eigenvalue weighted by molar-refractivity contribution is -0.146. The molecule has 1 fully saturated rings. The number of fused-ring (bicyclic) bond motifs is 1. The Hall–Kier alpha value is -2.95. The Morgan fingerprint density at radius 3 is 2.00 bits per heavy atom. The number of anilines is 1. The number of ether oxygens (including phenoxy) is 3. The zero-order valence-electron chi connectivity index (χ0n) is 21.1. The maximum Gasteiger partial charge on any atom is 0.425 e. The first-order valence-corrected chi connectivity index (χ1v) is 11.8. The van der Waals surface area contributed by atoms with E-state index in [2.05, 4.69) is 15.0 Å². The average Bonchev–Trinajstić information content (AvgIpc) is 3.14. The first-order chi connectivity index (χ1) is 16.2. The molecule has 0 spiro atoms. The minimum absolute atomic E-state index is 0.00349. The van der Waals surface area contributed by atoms with Gasteiger partial charge < -0.3 is 18.8 Å². The Morgan fingerprint density at radius 2 is 1.51 bits per heavy atom. The lowest BCUT2D eigenvalue weighted by Crippen LogP contribution is -2.44. The van der Waals surface area contributed by atoms with E-state index in [1.165, 1.54) is 7.11 Å². The van der Waals surface area contributed by atoms with Crippen molar-refractivity contribution in [3.63, 3.8) is 0 Å². The largest absolute Gasteiger partial charge is 0.469 e. The molecule has 192 valence electrons. The fourth-order valence-corrected chi connectivity index (χ4v) is 4.08. The van der Waals surface area contributed by atoms with Gasteiger partial charge in [0.05, 0.1) is 19.4 Å². The van der Waals surface area contributed by atoms with Gasteiger partial charge in [-0.15, -0.1) is 0 Å². The molecule has 2 amide bonds. The Kier molecular flexibility index (Phi) is 7.59. The van der Waals surface area contributed by atoms with Crippen LogP contribution in [0.2, 0.25) is 5.28 Å². The van der Waals surface area contributed by atoms with Crippen molar-refractivity contribution < 1.29 is 28.6 Å². The number of methoxy groups -OCH3 is 1. The van der Waals surface area contributed by atoms with E-state index in [4.69, 9.17) is 25.8 Å². The molecule has 35 heavy (non-hydrogen) atoms. The summed E-state index contributed by atoms with van der Waals surface area (Å²) >= 11 is 6.24. The minimum atomic E-state index is -0.976. The topological polar surface area (TPSA) is 126 Å². The van der Waals surface area contributed by atoms with Crippen LogP contribution in [0.5, 0.6) is 0 Å². The van der Waals surface area contributed by atoms with Gasteiger partial charge in [-0.2, -0.15) is 14.9 Å². The van der Waals surface area contributed by atoms with Gasteiger partial charge in [0.1, 0.15) is 11.2 Å². The number of aromatic nitrogens is 4. The van der Waals surface area contributed by atoms with Crippen LogP contribution < -0.4 is 4.90 Å². The second kappa shape index (κ2) is 9.96. The van der Waals surface area contributed by atoms with Crippen LogP contribution in [-0.4, -0.2) is 56.0 Å². The van der Waals surface area contributed by atoms with E-state index in [0.717, 1.165) is 0 Å². The average molecular weight is 510 g/mol. The van der Waals surface area contributed by atoms with Crippen LogP contribution in [0.3, 0.4) is 0 Å². The van der Waals surface area contributed by atoms with Crippen molar-refractivity contribution in [3.05, 3.63) is 11.6 Å². The predicted molar refractivity (Wildman–Crippen MR) is 128 cm³/mol. The number of rotatable bonds is 3. The fourth-order valence-electron chi connectivity index (χ4n) is 3.92. The van der Waals surface area contributed by atoms with Crippen molar-refractivity contribution >= 4 is 46.7 Å². The highest BCUT2D eigenvalue weighted by Gasteiger charge is 2.37. The number of carbonyl (C=O) groups is 3. The third kappa shape index (κ3) is 6.39. The summed E-state index contributed by atoms with van der Waals surface area (Å²) in [5.74, 6) is -0.489. The van der Waals surface area contributed by atoms with E-state index >= 15 is 0 Å². The molecule has 1 saturated carbocycles. The van der Waals surface area contributed by atoms with Gasteiger partial charge in [0.25, 0.3) is 0 Å². The lowest BCUT2D eigenvalue weighted by atomic mass is 9.86. The number of hydrogen-bond donors (Lipinski definition) is 0. The number of nitrogens with zero attached hydrogens (tertiary/aromatic N) is 5. The molecule has 0 saturated heterocycles. The Bertz CT molecular complexity index is 1080. The van der Waals surface area contributed by atoms with Crippen molar-refractivity contribution in [1.82, 2.24) is 19.5 Å². The highest BCUT2D eigenvalue weighted by Crippen LogP contribution is 2.36. The normalized spacial score (nSPS) is 18.7. The number of carbonyl (C=O) groups excluding carboxylic acids is 3. The molecule has 0 radical (unpaired) electrons. The number of halogens is 1. The Balaban J connectivity index is 2.02. The van der Waals surface area contributed by atoms with E-state index in [9.17, 15) is 14.4 Å². The molecular weight excluding hydrogens is 478 g/mol. The molecule has 0 aliphatic heterocycles. The number of amides is 2. The van der Waals surface area contributed by atoms with Gasteiger partial charge in [0.15, 0.2) is 17.0 Å². The zero-order chi connectivity index (χ0) is 26.1. The second-order valence-electron chi connectivity index (χ2n) is 10.5. The van der Waals surface area contributed by atoms with Crippen LogP contribution in [0, 0.1) is 5.92 Å². The molecule has 0 bridgehead atoms. The maximum absolute atomic E-state index is 13.1. The number of esters is 1. The third-order valence-corrected chi connectivity index (χ3v) is 5.53. The van der Waals surface area contributed by atoms with E-state index in [0.29, 0.717) is 36.2 Å². The molecule has 1 aliphatic rings. The summed E-state index contributed by atoms with van der Waals surface area (Å²) in [5.41, 5.74) is -1.21. The number of imide groups is 1. The van der Waals surface area contributed by atoms with Crippen molar-refractivity contribution in [2.24, 2.45) is 5.92 Å². The molecule has 2 aromatic rings. The molecule has 11 nitrogen and oxygen atoms in total. The Morgan fingerprint density at radius 1 is 0.971 bits per heavy atom. The third-order valence-electron chi connectivity index (χ3n) is 5.36. The summed E-state index contributed by atoms with van der Waals surface area (Å²) < 4.78 is 17.6. The van der Waals surface area contributed by atoms with Gasteiger partial charge in [-0.25, -0.2) is 14.6 Å². The van der Waals surface area contributed by atoms with E-state index in [1.807, 2.05) is 4.57 Å². The van der Waals surface area contributed by atoms with Crippen molar-refractivity contribution in [1.29, 1.82) is 0 Å². The smallest absolute Gasteiger partial charge is 0.425 e.